The smallest absolute Gasteiger partial charge is 0.242 e. The van der Waals surface area contributed by atoms with Crippen molar-refractivity contribution < 1.29 is 13.2 Å². The van der Waals surface area contributed by atoms with Gasteiger partial charge in [0, 0.05) is 44.8 Å². The fourth-order valence-corrected chi connectivity index (χ4v) is 5.61. The summed E-state index contributed by atoms with van der Waals surface area (Å²) in [5.41, 5.74) is 1.83. The van der Waals surface area contributed by atoms with E-state index < -0.39 is 10.0 Å². The predicted octanol–water partition coefficient (Wildman–Crippen LogP) is 2.17. The molecule has 3 aliphatic rings. The van der Waals surface area contributed by atoms with Gasteiger partial charge in [-0.15, -0.1) is 12.4 Å². The van der Waals surface area contributed by atoms with Gasteiger partial charge >= 0.3 is 0 Å². The maximum absolute atomic E-state index is 13.0. The van der Waals surface area contributed by atoms with Crippen molar-refractivity contribution in [2.45, 2.75) is 55.5 Å². The first-order valence-electron chi connectivity index (χ1n) is 9.46. The number of nitrogens with zero attached hydrogens (tertiary/aromatic N) is 2. The van der Waals surface area contributed by atoms with Crippen LogP contribution in [0, 0.1) is 5.92 Å². The van der Waals surface area contributed by atoms with Crippen LogP contribution in [0.15, 0.2) is 23.1 Å². The molecule has 2 fully saturated rings. The van der Waals surface area contributed by atoms with E-state index in [9.17, 15) is 13.2 Å². The minimum absolute atomic E-state index is 0. The van der Waals surface area contributed by atoms with E-state index in [1.54, 1.807) is 17.0 Å². The van der Waals surface area contributed by atoms with E-state index in [2.05, 4.69) is 5.32 Å². The average Bonchev–Trinajstić information content (AvgIpc) is 3.17. The number of amides is 1. The van der Waals surface area contributed by atoms with E-state index >= 15 is 0 Å². The van der Waals surface area contributed by atoms with Gasteiger partial charge in [-0.25, -0.2) is 12.7 Å². The maximum atomic E-state index is 13.0. The lowest BCUT2D eigenvalue weighted by molar-refractivity contribution is -0.119. The number of nitrogens with one attached hydrogen (secondary N) is 1. The third-order valence-corrected chi connectivity index (χ3v) is 7.88. The number of hydrogen-bond donors (Lipinski definition) is 1. The Kier molecular flexibility index (Phi) is 5.87. The number of anilines is 1. The molecule has 1 aromatic carbocycles. The summed E-state index contributed by atoms with van der Waals surface area (Å²) in [5, 5.41) is 3.62. The third-order valence-electron chi connectivity index (χ3n) is 6.07. The van der Waals surface area contributed by atoms with Crippen molar-refractivity contribution in [3.63, 3.8) is 0 Å². The van der Waals surface area contributed by atoms with Gasteiger partial charge in [0.05, 0.1) is 4.90 Å². The monoisotopic (exact) mass is 413 g/mol. The topological polar surface area (TPSA) is 69.7 Å². The minimum Gasteiger partial charge on any atom is -0.312 e. The highest BCUT2D eigenvalue weighted by atomic mass is 35.5. The molecule has 27 heavy (non-hydrogen) atoms. The number of piperidine rings is 1. The largest absolute Gasteiger partial charge is 0.312 e. The average molecular weight is 414 g/mol. The van der Waals surface area contributed by atoms with E-state index in [0.717, 1.165) is 30.5 Å². The number of benzene rings is 1. The van der Waals surface area contributed by atoms with Gasteiger partial charge in [0.2, 0.25) is 15.9 Å². The van der Waals surface area contributed by atoms with Gasteiger partial charge in [0.25, 0.3) is 0 Å². The molecule has 2 bridgehead atoms. The number of halogens is 1. The van der Waals surface area contributed by atoms with Gasteiger partial charge in [-0.3, -0.25) is 4.79 Å². The van der Waals surface area contributed by atoms with E-state index in [-0.39, 0.29) is 23.2 Å². The highest BCUT2D eigenvalue weighted by molar-refractivity contribution is 7.89. The van der Waals surface area contributed by atoms with Crippen LogP contribution in [0.4, 0.5) is 5.69 Å². The summed E-state index contributed by atoms with van der Waals surface area (Å²) < 4.78 is 26.0. The second kappa shape index (κ2) is 7.70. The molecule has 0 radical (unpaired) electrons. The van der Waals surface area contributed by atoms with E-state index in [4.69, 9.17) is 0 Å². The maximum Gasteiger partial charge on any atom is 0.242 e. The van der Waals surface area contributed by atoms with Crippen LogP contribution < -0.4 is 10.2 Å². The first kappa shape index (κ1) is 20.6. The molecule has 1 N–H and O–H groups in total. The molecule has 2 unspecified atom stereocenters. The lowest BCUT2D eigenvalue weighted by Gasteiger charge is -2.30. The fourth-order valence-electron chi connectivity index (χ4n) is 4.69. The summed E-state index contributed by atoms with van der Waals surface area (Å²) in [7, 11) is -0.445. The number of carbonyl (C=O) groups is 1. The molecule has 0 spiro atoms. The summed E-state index contributed by atoms with van der Waals surface area (Å²) in [6, 6.07) is 6.32. The Balaban J connectivity index is 0.00000210. The summed E-state index contributed by atoms with van der Waals surface area (Å²) in [5.74, 6) is 0.577. The Morgan fingerprint density at radius 2 is 1.89 bits per heavy atom. The lowest BCUT2D eigenvalue weighted by atomic mass is 9.89. The molecule has 150 valence electrons. The molecule has 0 saturated carbocycles. The van der Waals surface area contributed by atoms with Crippen molar-refractivity contribution in [3.05, 3.63) is 23.8 Å². The number of rotatable bonds is 4. The number of sulfonamides is 1. The van der Waals surface area contributed by atoms with Crippen LogP contribution in [-0.2, 0) is 21.2 Å². The van der Waals surface area contributed by atoms with Crippen molar-refractivity contribution in [3.8, 4) is 0 Å². The molecule has 1 aromatic rings. The molecule has 6 nitrogen and oxygen atoms in total. The third kappa shape index (κ3) is 3.88. The zero-order valence-electron chi connectivity index (χ0n) is 15.8. The highest BCUT2D eigenvalue weighted by Gasteiger charge is 2.36. The number of carbonyl (C=O) groups excluding carboxylic acids is 1. The molecule has 2 saturated heterocycles. The van der Waals surface area contributed by atoms with Gasteiger partial charge in [-0.1, -0.05) is 6.07 Å². The van der Waals surface area contributed by atoms with Crippen molar-refractivity contribution in [1.82, 2.24) is 9.62 Å². The van der Waals surface area contributed by atoms with Crippen LogP contribution in [0.25, 0.3) is 0 Å². The highest BCUT2D eigenvalue weighted by Crippen LogP contribution is 2.36. The second-order valence-electron chi connectivity index (χ2n) is 8.05. The van der Waals surface area contributed by atoms with Crippen molar-refractivity contribution in [1.29, 1.82) is 0 Å². The standard InChI is InChI=1S/C19H27N3O3S.ClH/c1-21(2)26(24,25)17-6-3-14-7-8-22(18(14)12-17)19(23)11-13-9-15-4-5-16(10-13)20-15;/h3,6,12-13,15-16,20H,4-5,7-11H2,1-2H3;1H. The number of hydrogen-bond acceptors (Lipinski definition) is 4. The summed E-state index contributed by atoms with van der Waals surface area (Å²) in [6.45, 7) is 0.650. The van der Waals surface area contributed by atoms with Gasteiger partial charge in [0.15, 0.2) is 0 Å². The van der Waals surface area contributed by atoms with Crippen LogP contribution in [0.5, 0.6) is 0 Å². The summed E-state index contributed by atoms with van der Waals surface area (Å²) in [6.07, 6.45) is 5.98. The Morgan fingerprint density at radius 3 is 2.52 bits per heavy atom. The zero-order valence-corrected chi connectivity index (χ0v) is 17.5. The molecule has 8 heteroatoms. The quantitative estimate of drug-likeness (QED) is 0.821. The Labute approximate surface area is 167 Å². The molecular formula is C19H28ClN3O3S. The number of fused-ring (bicyclic) bond motifs is 3. The van der Waals surface area contributed by atoms with Gasteiger partial charge in [-0.05, 0) is 55.7 Å². The van der Waals surface area contributed by atoms with Crippen molar-refractivity contribution in [2.75, 3.05) is 25.5 Å². The Morgan fingerprint density at radius 1 is 1.22 bits per heavy atom. The van der Waals surface area contributed by atoms with E-state index in [1.165, 1.54) is 31.2 Å². The molecule has 4 rings (SSSR count). The van der Waals surface area contributed by atoms with Gasteiger partial charge in [-0.2, -0.15) is 0 Å². The van der Waals surface area contributed by atoms with Crippen LogP contribution in [0.2, 0.25) is 0 Å². The van der Waals surface area contributed by atoms with Crippen LogP contribution in [0.1, 0.15) is 37.7 Å². The summed E-state index contributed by atoms with van der Waals surface area (Å²) in [4.78, 5) is 15.0. The zero-order chi connectivity index (χ0) is 18.5. The normalized spacial score (nSPS) is 26.8. The van der Waals surface area contributed by atoms with Crippen LogP contribution >= 0.6 is 12.4 Å². The molecule has 0 aliphatic carbocycles. The Hall–Kier alpha value is -1.15. The van der Waals surface area contributed by atoms with Crippen LogP contribution in [0.3, 0.4) is 0 Å². The second-order valence-corrected chi connectivity index (χ2v) is 10.2. The van der Waals surface area contributed by atoms with Crippen molar-refractivity contribution in [2.24, 2.45) is 5.92 Å². The first-order chi connectivity index (χ1) is 12.3. The molecule has 1 amide bonds. The lowest BCUT2D eigenvalue weighted by Crippen LogP contribution is -2.40. The molecule has 0 aromatic heterocycles. The van der Waals surface area contributed by atoms with Crippen LogP contribution in [-0.4, -0.2) is 51.4 Å². The predicted molar refractivity (Wildman–Crippen MR) is 108 cm³/mol. The summed E-state index contributed by atoms with van der Waals surface area (Å²) >= 11 is 0. The molecular weight excluding hydrogens is 386 g/mol. The van der Waals surface area contributed by atoms with Gasteiger partial charge < -0.3 is 10.2 Å². The molecule has 3 heterocycles. The van der Waals surface area contributed by atoms with E-state index in [0.29, 0.717) is 31.0 Å². The van der Waals surface area contributed by atoms with Crippen molar-refractivity contribution >= 4 is 34.0 Å². The minimum atomic E-state index is -3.49. The fraction of sp³-hybridized carbons (Fsp3) is 0.632. The van der Waals surface area contributed by atoms with E-state index in [1.807, 2.05) is 6.07 Å². The van der Waals surface area contributed by atoms with Gasteiger partial charge in [0.1, 0.15) is 0 Å². The SMILES string of the molecule is CN(C)S(=O)(=O)c1ccc2c(c1)N(C(=O)CC1CC3CCC(C1)N3)CC2.Cl. The molecule has 3 aliphatic heterocycles. The Bertz CT molecular complexity index is 815. The first-order valence-corrected chi connectivity index (χ1v) is 10.9. The molecule has 2 atom stereocenters.